The molecule has 9 nitrogen and oxygen atoms in total. The lowest BCUT2D eigenvalue weighted by Crippen LogP contribution is -2.47. The van der Waals surface area contributed by atoms with Crippen molar-refractivity contribution in [1.82, 2.24) is 24.7 Å². The Hall–Kier alpha value is -3.53. The number of benzene rings is 1. The molecular weight excluding hydrogens is 472 g/mol. The van der Waals surface area contributed by atoms with Gasteiger partial charge in [0.1, 0.15) is 24.5 Å². The third-order valence-electron chi connectivity index (χ3n) is 5.41. The van der Waals surface area contributed by atoms with Crippen LogP contribution in [0.1, 0.15) is 0 Å². The van der Waals surface area contributed by atoms with Crippen LogP contribution >= 0.6 is 15.9 Å². The second-order valence-corrected chi connectivity index (χ2v) is 8.28. The van der Waals surface area contributed by atoms with Crippen molar-refractivity contribution in [2.24, 2.45) is 0 Å². The van der Waals surface area contributed by atoms with E-state index in [0.717, 1.165) is 53.4 Å². The molecule has 0 spiro atoms. The van der Waals surface area contributed by atoms with E-state index in [-0.39, 0.29) is 12.5 Å². The van der Waals surface area contributed by atoms with E-state index in [1.165, 1.54) is 6.33 Å². The van der Waals surface area contributed by atoms with Gasteiger partial charge in [-0.3, -0.25) is 4.79 Å². The van der Waals surface area contributed by atoms with Gasteiger partial charge in [-0.15, -0.1) is 0 Å². The Kier molecular flexibility index (Phi) is 5.68. The first kappa shape index (κ1) is 20.4. The molecule has 1 N–H and O–H groups in total. The lowest BCUT2D eigenvalue weighted by Gasteiger charge is -2.36. The molecule has 162 valence electrons. The van der Waals surface area contributed by atoms with Crippen LogP contribution in [0.4, 0.5) is 17.3 Å². The molecule has 1 saturated heterocycles. The number of hydrogen-bond donors (Lipinski definition) is 1. The quantitative estimate of drug-likeness (QED) is 0.457. The summed E-state index contributed by atoms with van der Waals surface area (Å²) in [7, 11) is 0. The summed E-state index contributed by atoms with van der Waals surface area (Å²) in [6.45, 7) is 3.40. The Morgan fingerprint density at radius 3 is 2.53 bits per heavy atom. The van der Waals surface area contributed by atoms with Crippen LogP contribution in [0.5, 0.6) is 0 Å². The molecule has 1 amide bonds. The lowest BCUT2D eigenvalue weighted by atomic mass is 10.2. The summed E-state index contributed by atoms with van der Waals surface area (Å²) < 4.78 is 2.43. The normalized spacial score (nSPS) is 14.0. The van der Waals surface area contributed by atoms with Gasteiger partial charge in [-0.05, 0) is 40.2 Å². The van der Waals surface area contributed by atoms with Gasteiger partial charge in [0.25, 0.3) is 0 Å². The average molecular weight is 493 g/mol. The van der Waals surface area contributed by atoms with Crippen molar-refractivity contribution in [3.8, 4) is 0 Å². The molecule has 1 aromatic carbocycles. The molecule has 3 aromatic heterocycles. The van der Waals surface area contributed by atoms with E-state index in [1.807, 2.05) is 48.7 Å². The highest BCUT2D eigenvalue weighted by atomic mass is 79.9. The predicted octanol–water partition coefficient (Wildman–Crippen LogP) is 2.95. The number of halogens is 1. The topological polar surface area (TPSA) is 92.1 Å². The summed E-state index contributed by atoms with van der Waals surface area (Å²) in [4.78, 5) is 30.4. The fraction of sp³-hybridized carbons (Fsp3) is 0.227. The van der Waals surface area contributed by atoms with Crippen molar-refractivity contribution in [2.45, 2.75) is 6.54 Å². The number of carbonyl (C=O) groups is 1. The Morgan fingerprint density at radius 1 is 0.969 bits per heavy atom. The van der Waals surface area contributed by atoms with Gasteiger partial charge in [0.2, 0.25) is 5.91 Å². The number of para-hydroxylation sites is 1. The summed E-state index contributed by atoms with van der Waals surface area (Å²) >= 11 is 3.44. The van der Waals surface area contributed by atoms with Crippen molar-refractivity contribution < 1.29 is 4.79 Å². The SMILES string of the molecule is O=C(Cn1ncc2c(N3CCN(c4ccccn4)CC3)ncnc21)Nc1ccccc1Br. The number of carbonyl (C=O) groups excluding carboxylic acids is 1. The molecule has 4 aromatic rings. The maximum absolute atomic E-state index is 12.6. The summed E-state index contributed by atoms with van der Waals surface area (Å²) in [5.74, 6) is 1.66. The molecule has 4 heterocycles. The van der Waals surface area contributed by atoms with Crippen molar-refractivity contribution in [3.05, 3.63) is 65.7 Å². The van der Waals surface area contributed by atoms with Gasteiger partial charge in [-0.25, -0.2) is 19.6 Å². The highest BCUT2D eigenvalue weighted by Gasteiger charge is 2.22. The first-order valence-electron chi connectivity index (χ1n) is 10.3. The second-order valence-electron chi connectivity index (χ2n) is 7.43. The summed E-state index contributed by atoms with van der Waals surface area (Å²) in [5.41, 5.74) is 1.36. The largest absolute Gasteiger partial charge is 0.353 e. The molecule has 0 bridgehead atoms. The van der Waals surface area contributed by atoms with Crippen LogP contribution in [0.3, 0.4) is 0 Å². The van der Waals surface area contributed by atoms with Crippen LogP contribution in [0.25, 0.3) is 11.0 Å². The number of anilines is 3. The summed E-state index contributed by atoms with van der Waals surface area (Å²) in [6.07, 6.45) is 5.09. The maximum Gasteiger partial charge on any atom is 0.246 e. The van der Waals surface area contributed by atoms with Crippen molar-refractivity contribution >= 4 is 50.2 Å². The molecule has 0 aliphatic carbocycles. The van der Waals surface area contributed by atoms with E-state index < -0.39 is 0 Å². The third kappa shape index (κ3) is 4.13. The minimum absolute atomic E-state index is 0.0642. The molecule has 0 radical (unpaired) electrons. The Labute approximate surface area is 193 Å². The van der Waals surface area contributed by atoms with Crippen LogP contribution < -0.4 is 15.1 Å². The van der Waals surface area contributed by atoms with E-state index in [9.17, 15) is 4.79 Å². The number of amides is 1. The van der Waals surface area contributed by atoms with Gasteiger partial charge < -0.3 is 15.1 Å². The Morgan fingerprint density at radius 2 is 1.75 bits per heavy atom. The molecule has 0 unspecified atom stereocenters. The standard InChI is InChI=1S/C22H21BrN8O/c23-17-5-1-2-6-18(17)28-20(32)14-31-22-16(13-27-31)21(25-15-26-22)30-11-9-29(10-12-30)19-7-3-4-8-24-19/h1-8,13,15H,9-12,14H2,(H,28,32). The van der Waals surface area contributed by atoms with Gasteiger partial charge >= 0.3 is 0 Å². The summed E-state index contributed by atoms with van der Waals surface area (Å²) in [6, 6.07) is 13.4. The molecule has 0 saturated carbocycles. The number of hydrogen-bond acceptors (Lipinski definition) is 7. The van der Waals surface area contributed by atoms with Crippen LogP contribution in [0.2, 0.25) is 0 Å². The van der Waals surface area contributed by atoms with Gasteiger partial charge in [0.05, 0.1) is 17.3 Å². The second kappa shape index (κ2) is 8.91. The van der Waals surface area contributed by atoms with Crippen LogP contribution in [-0.2, 0) is 11.3 Å². The number of aromatic nitrogens is 5. The van der Waals surface area contributed by atoms with E-state index in [1.54, 1.807) is 10.9 Å². The maximum atomic E-state index is 12.6. The zero-order chi connectivity index (χ0) is 21.9. The van der Waals surface area contributed by atoms with Crippen molar-refractivity contribution in [1.29, 1.82) is 0 Å². The summed E-state index contributed by atoms with van der Waals surface area (Å²) in [5, 5.41) is 8.15. The zero-order valence-corrected chi connectivity index (χ0v) is 18.8. The van der Waals surface area contributed by atoms with E-state index >= 15 is 0 Å². The molecule has 1 aliphatic rings. The van der Waals surface area contributed by atoms with Crippen molar-refractivity contribution in [3.63, 3.8) is 0 Å². The number of fused-ring (bicyclic) bond motifs is 1. The first-order chi connectivity index (χ1) is 15.7. The van der Waals surface area contributed by atoms with Crippen LogP contribution in [-0.4, -0.2) is 56.8 Å². The number of nitrogens with zero attached hydrogens (tertiary/aromatic N) is 7. The molecule has 5 rings (SSSR count). The minimum atomic E-state index is -0.175. The Bertz CT molecular complexity index is 1240. The van der Waals surface area contributed by atoms with Crippen LogP contribution in [0.15, 0.2) is 65.7 Å². The van der Waals surface area contributed by atoms with E-state index in [4.69, 9.17) is 0 Å². The number of piperazine rings is 1. The van der Waals surface area contributed by atoms with E-state index in [2.05, 4.69) is 51.1 Å². The monoisotopic (exact) mass is 492 g/mol. The third-order valence-corrected chi connectivity index (χ3v) is 6.10. The predicted molar refractivity (Wildman–Crippen MR) is 127 cm³/mol. The molecule has 32 heavy (non-hydrogen) atoms. The molecule has 1 fully saturated rings. The zero-order valence-electron chi connectivity index (χ0n) is 17.2. The molecular formula is C22H21BrN8O. The smallest absolute Gasteiger partial charge is 0.246 e. The Balaban J connectivity index is 1.30. The molecule has 0 atom stereocenters. The van der Waals surface area contributed by atoms with Gasteiger partial charge in [0, 0.05) is 36.8 Å². The first-order valence-corrected chi connectivity index (χ1v) is 11.1. The number of nitrogens with one attached hydrogen (secondary N) is 1. The van der Waals surface area contributed by atoms with Gasteiger partial charge in [-0.2, -0.15) is 5.10 Å². The fourth-order valence-corrected chi connectivity index (χ4v) is 4.21. The van der Waals surface area contributed by atoms with Crippen molar-refractivity contribution in [2.75, 3.05) is 41.3 Å². The van der Waals surface area contributed by atoms with Gasteiger partial charge in [-0.1, -0.05) is 18.2 Å². The van der Waals surface area contributed by atoms with E-state index in [0.29, 0.717) is 5.65 Å². The number of rotatable bonds is 5. The highest BCUT2D eigenvalue weighted by molar-refractivity contribution is 9.10. The lowest BCUT2D eigenvalue weighted by molar-refractivity contribution is -0.116. The highest BCUT2D eigenvalue weighted by Crippen LogP contribution is 2.25. The van der Waals surface area contributed by atoms with Crippen LogP contribution in [0, 0.1) is 0 Å². The molecule has 10 heteroatoms. The fourth-order valence-electron chi connectivity index (χ4n) is 3.82. The molecule has 1 aliphatic heterocycles. The number of pyridine rings is 1. The average Bonchev–Trinajstić information content (AvgIpc) is 3.24. The minimum Gasteiger partial charge on any atom is -0.353 e. The van der Waals surface area contributed by atoms with Gasteiger partial charge in [0.15, 0.2) is 5.65 Å².